The molecular weight excluding hydrogens is 299 g/mol. The maximum absolute atomic E-state index is 10.9. The lowest BCUT2D eigenvalue weighted by Gasteiger charge is -2.30. The summed E-state index contributed by atoms with van der Waals surface area (Å²) in [5.74, 6) is -1.05. The van der Waals surface area contributed by atoms with Crippen molar-refractivity contribution in [1.29, 1.82) is 0 Å². The van der Waals surface area contributed by atoms with Crippen molar-refractivity contribution in [2.45, 2.75) is 33.2 Å². The zero-order valence-electron chi connectivity index (χ0n) is 11.7. The molecule has 0 saturated heterocycles. The van der Waals surface area contributed by atoms with Crippen molar-refractivity contribution >= 4 is 19.5 Å². The molecule has 0 aliphatic rings. The summed E-state index contributed by atoms with van der Waals surface area (Å²) in [6.07, 6.45) is -0.697. The molecule has 0 aromatic heterocycles. The monoisotopic (exact) mass is 314 g/mol. The molecule has 1 aromatic rings. The van der Waals surface area contributed by atoms with E-state index in [0.717, 1.165) is 0 Å². The Morgan fingerprint density at radius 3 is 2.10 bits per heavy atom. The van der Waals surface area contributed by atoms with Crippen molar-refractivity contribution in [3.05, 3.63) is 34.9 Å². The van der Waals surface area contributed by atoms with E-state index in [-0.39, 0.29) is 18.8 Å². The largest absolute Gasteiger partial charge is 0.810 e. The normalized spacial score (nSPS) is 11.0. The van der Waals surface area contributed by atoms with Crippen molar-refractivity contribution in [1.82, 2.24) is 0 Å². The van der Waals surface area contributed by atoms with Crippen molar-refractivity contribution in [2.75, 3.05) is 0 Å². The standard InChI is InChI=1S/C13H17O7P/c1-9(14)19-6-11-4-3-5-12(8-21(16,17)18)13(11)7-20-10(2)15/h3-5H,6-8H2,1-2H3,(H2,16,17,18)/p-2. The Morgan fingerprint density at radius 1 is 1.05 bits per heavy atom. The highest BCUT2D eigenvalue weighted by atomic mass is 31.2. The van der Waals surface area contributed by atoms with Crippen LogP contribution in [0.3, 0.4) is 0 Å². The Labute approximate surface area is 122 Å². The number of esters is 2. The predicted octanol–water partition coefficient (Wildman–Crippen LogP) is 0.226. The molecule has 8 heteroatoms. The van der Waals surface area contributed by atoms with Gasteiger partial charge in [0.2, 0.25) is 0 Å². The number of benzene rings is 1. The Kier molecular flexibility index (Phi) is 6.08. The highest BCUT2D eigenvalue weighted by molar-refractivity contribution is 7.47. The summed E-state index contributed by atoms with van der Waals surface area (Å²) >= 11 is 0. The predicted molar refractivity (Wildman–Crippen MR) is 68.7 cm³/mol. The van der Waals surface area contributed by atoms with E-state index in [9.17, 15) is 23.9 Å². The first kappa shape index (κ1) is 17.4. The average Bonchev–Trinajstić information content (AvgIpc) is 2.32. The van der Waals surface area contributed by atoms with Crippen LogP contribution < -0.4 is 9.79 Å². The van der Waals surface area contributed by atoms with Crippen LogP contribution in [0.5, 0.6) is 0 Å². The second kappa shape index (κ2) is 7.36. The number of ether oxygens (including phenoxy) is 2. The van der Waals surface area contributed by atoms with E-state index in [0.29, 0.717) is 11.1 Å². The van der Waals surface area contributed by atoms with Gasteiger partial charge in [0.05, 0.1) is 0 Å². The van der Waals surface area contributed by atoms with Crippen molar-refractivity contribution < 1.29 is 33.4 Å². The van der Waals surface area contributed by atoms with Crippen LogP contribution in [0.15, 0.2) is 18.2 Å². The van der Waals surface area contributed by atoms with Crippen molar-refractivity contribution in [3.8, 4) is 0 Å². The van der Waals surface area contributed by atoms with E-state index in [1.165, 1.54) is 19.9 Å². The van der Waals surface area contributed by atoms with Crippen molar-refractivity contribution in [2.24, 2.45) is 0 Å². The molecule has 0 bridgehead atoms. The van der Waals surface area contributed by atoms with Gasteiger partial charge in [-0.25, -0.2) is 0 Å². The molecule has 116 valence electrons. The summed E-state index contributed by atoms with van der Waals surface area (Å²) in [5.41, 5.74) is 1.08. The maximum atomic E-state index is 10.9. The number of hydrogen-bond donors (Lipinski definition) is 0. The van der Waals surface area contributed by atoms with Gasteiger partial charge in [-0.1, -0.05) is 25.8 Å². The smallest absolute Gasteiger partial charge is 0.302 e. The molecule has 0 spiro atoms. The Bertz CT molecular complexity index is 576. The van der Waals surface area contributed by atoms with Crippen LogP contribution in [-0.2, 0) is 43.0 Å². The van der Waals surface area contributed by atoms with Gasteiger partial charge < -0.3 is 23.8 Å². The highest BCUT2D eigenvalue weighted by Gasteiger charge is 2.12. The van der Waals surface area contributed by atoms with Crippen molar-refractivity contribution in [3.63, 3.8) is 0 Å². The van der Waals surface area contributed by atoms with Gasteiger partial charge in [-0.2, -0.15) is 0 Å². The summed E-state index contributed by atoms with van der Waals surface area (Å²) in [5, 5.41) is 0. The van der Waals surface area contributed by atoms with Crippen LogP contribution in [-0.4, -0.2) is 11.9 Å². The lowest BCUT2D eigenvalue weighted by atomic mass is 10.0. The molecule has 7 nitrogen and oxygen atoms in total. The van der Waals surface area contributed by atoms with Gasteiger partial charge in [-0.05, 0) is 16.7 Å². The minimum Gasteiger partial charge on any atom is -0.810 e. The summed E-state index contributed by atoms with van der Waals surface area (Å²) in [7, 11) is -4.77. The summed E-state index contributed by atoms with van der Waals surface area (Å²) in [4.78, 5) is 43.7. The molecule has 1 aromatic carbocycles. The molecule has 0 aliphatic carbocycles. The molecular formula is C13H15O7P-2. The molecule has 0 amide bonds. The Balaban J connectivity index is 3.10. The fourth-order valence-corrected chi connectivity index (χ4v) is 2.43. The molecule has 0 N–H and O–H groups in total. The van der Waals surface area contributed by atoms with Gasteiger partial charge in [0.1, 0.15) is 13.2 Å². The van der Waals surface area contributed by atoms with Gasteiger partial charge in [-0.15, -0.1) is 0 Å². The number of carbonyl (C=O) groups excluding carboxylic acids is 2. The van der Waals surface area contributed by atoms with Crippen LogP contribution in [0, 0.1) is 0 Å². The maximum Gasteiger partial charge on any atom is 0.302 e. The minimum absolute atomic E-state index is 0.0954. The van der Waals surface area contributed by atoms with Gasteiger partial charge in [0.15, 0.2) is 0 Å². The summed E-state index contributed by atoms with van der Waals surface area (Å²) in [6.45, 7) is 2.16. The SMILES string of the molecule is CC(=O)OCc1cccc(CP(=O)([O-])[O-])c1COC(C)=O. The summed E-state index contributed by atoms with van der Waals surface area (Å²) in [6, 6.07) is 4.60. The Morgan fingerprint density at radius 2 is 1.57 bits per heavy atom. The van der Waals surface area contributed by atoms with Crippen LogP contribution in [0.1, 0.15) is 30.5 Å². The fraction of sp³-hybridized carbons (Fsp3) is 0.385. The number of rotatable bonds is 6. The second-order valence-corrected chi connectivity index (χ2v) is 5.92. The first-order valence-corrected chi connectivity index (χ1v) is 7.79. The van der Waals surface area contributed by atoms with Crippen LogP contribution in [0.25, 0.3) is 0 Å². The van der Waals surface area contributed by atoms with Crippen LogP contribution >= 0.6 is 7.60 Å². The molecule has 1 rings (SSSR count). The molecule has 0 aliphatic heterocycles. The number of hydrogen-bond acceptors (Lipinski definition) is 7. The van der Waals surface area contributed by atoms with E-state index in [4.69, 9.17) is 9.47 Å². The molecule has 0 heterocycles. The molecule has 0 unspecified atom stereocenters. The van der Waals surface area contributed by atoms with Gasteiger partial charge >= 0.3 is 11.9 Å². The molecule has 0 radical (unpaired) electrons. The van der Waals surface area contributed by atoms with E-state index in [1.807, 2.05) is 0 Å². The van der Waals surface area contributed by atoms with Crippen LogP contribution in [0.2, 0.25) is 0 Å². The van der Waals surface area contributed by atoms with Gasteiger partial charge in [0, 0.05) is 20.0 Å². The third-order valence-electron chi connectivity index (χ3n) is 2.58. The number of carbonyl (C=O) groups is 2. The lowest BCUT2D eigenvalue weighted by molar-refractivity contribution is -0.314. The third-order valence-corrected chi connectivity index (χ3v) is 3.31. The molecule has 21 heavy (non-hydrogen) atoms. The molecule has 0 saturated carbocycles. The second-order valence-electron chi connectivity index (χ2n) is 4.38. The lowest BCUT2D eigenvalue weighted by Crippen LogP contribution is -2.17. The average molecular weight is 314 g/mol. The third kappa shape index (κ3) is 6.53. The fourth-order valence-electron chi connectivity index (χ4n) is 1.72. The van der Waals surface area contributed by atoms with E-state index in [1.54, 1.807) is 12.1 Å². The highest BCUT2D eigenvalue weighted by Crippen LogP contribution is 2.32. The van der Waals surface area contributed by atoms with E-state index >= 15 is 0 Å². The first-order chi connectivity index (χ1) is 9.69. The van der Waals surface area contributed by atoms with Gasteiger partial charge in [-0.3, -0.25) is 9.59 Å². The minimum atomic E-state index is -4.77. The summed E-state index contributed by atoms with van der Waals surface area (Å²) < 4.78 is 20.7. The quantitative estimate of drug-likeness (QED) is 0.545. The molecule has 0 atom stereocenters. The zero-order valence-corrected chi connectivity index (χ0v) is 12.6. The van der Waals surface area contributed by atoms with E-state index < -0.39 is 25.7 Å². The topological polar surface area (TPSA) is 116 Å². The van der Waals surface area contributed by atoms with Crippen LogP contribution in [0.4, 0.5) is 0 Å². The Hall–Kier alpha value is -1.69. The zero-order chi connectivity index (χ0) is 16.0. The van der Waals surface area contributed by atoms with E-state index in [2.05, 4.69) is 0 Å². The van der Waals surface area contributed by atoms with Gasteiger partial charge in [0.25, 0.3) is 0 Å². The first-order valence-electron chi connectivity index (χ1n) is 6.06. The molecule has 0 fully saturated rings.